The maximum Gasteiger partial charge on any atom is 0.338 e. The number of ether oxygens (including phenoxy) is 1. The highest BCUT2D eigenvalue weighted by Gasteiger charge is 2.18. The molecule has 0 saturated heterocycles. The van der Waals surface area contributed by atoms with Gasteiger partial charge in [0.2, 0.25) is 0 Å². The molecule has 0 unspecified atom stereocenters. The third kappa shape index (κ3) is 4.19. The largest absolute Gasteiger partial charge is 0.449 e. The van der Waals surface area contributed by atoms with Crippen molar-refractivity contribution in [2.24, 2.45) is 0 Å². The van der Waals surface area contributed by atoms with Crippen LogP contribution in [-0.4, -0.2) is 18.0 Å². The summed E-state index contributed by atoms with van der Waals surface area (Å²) in [6.07, 6.45) is -0.866. The average Bonchev–Trinajstić information content (AvgIpc) is 2.50. The number of anilines is 1. The second kappa shape index (κ2) is 6.89. The fraction of sp³-hybridized carbons (Fsp3) is 0.222. The van der Waals surface area contributed by atoms with Gasteiger partial charge in [-0.1, -0.05) is 35.4 Å². The zero-order valence-electron chi connectivity index (χ0n) is 12.9. The molecule has 4 heteroatoms. The Labute approximate surface area is 130 Å². The van der Waals surface area contributed by atoms with Crippen LogP contribution in [0.4, 0.5) is 5.69 Å². The molecule has 0 aromatic heterocycles. The van der Waals surface area contributed by atoms with Gasteiger partial charge in [-0.3, -0.25) is 4.79 Å². The second-order valence-corrected chi connectivity index (χ2v) is 5.27. The Hall–Kier alpha value is -2.62. The van der Waals surface area contributed by atoms with Gasteiger partial charge in [-0.15, -0.1) is 0 Å². The molecule has 0 radical (unpaired) electrons. The van der Waals surface area contributed by atoms with E-state index >= 15 is 0 Å². The molecule has 0 bridgehead atoms. The van der Waals surface area contributed by atoms with Crippen LogP contribution in [0.2, 0.25) is 0 Å². The van der Waals surface area contributed by atoms with Gasteiger partial charge >= 0.3 is 5.97 Å². The van der Waals surface area contributed by atoms with Gasteiger partial charge in [0.15, 0.2) is 6.10 Å². The first-order valence-corrected chi connectivity index (χ1v) is 7.11. The normalized spacial score (nSPS) is 11.6. The van der Waals surface area contributed by atoms with E-state index in [1.807, 2.05) is 50.2 Å². The Morgan fingerprint density at radius 1 is 0.909 bits per heavy atom. The second-order valence-electron chi connectivity index (χ2n) is 5.27. The van der Waals surface area contributed by atoms with E-state index in [0.717, 1.165) is 11.1 Å². The maximum atomic E-state index is 12.0. The van der Waals surface area contributed by atoms with Crippen LogP contribution >= 0.6 is 0 Å². The Kier molecular flexibility index (Phi) is 4.94. The van der Waals surface area contributed by atoms with Crippen molar-refractivity contribution in [1.29, 1.82) is 0 Å². The Balaban J connectivity index is 1.94. The first-order valence-electron chi connectivity index (χ1n) is 7.11. The minimum atomic E-state index is -0.866. The maximum absolute atomic E-state index is 12.0. The van der Waals surface area contributed by atoms with E-state index in [4.69, 9.17) is 4.74 Å². The standard InChI is InChI=1S/C18H19NO3/c1-12-4-8-15(9-5-12)18(21)22-14(3)17(20)19-16-10-6-13(2)7-11-16/h4-11,14H,1-3H3,(H,19,20)/t14-/m1/s1. The van der Waals surface area contributed by atoms with E-state index < -0.39 is 12.1 Å². The van der Waals surface area contributed by atoms with Crippen LogP contribution in [0.3, 0.4) is 0 Å². The van der Waals surface area contributed by atoms with E-state index in [-0.39, 0.29) is 5.91 Å². The SMILES string of the molecule is Cc1ccc(NC(=O)[C@@H](C)OC(=O)c2ccc(C)cc2)cc1. The van der Waals surface area contributed by atoms with Crippen molar-refractivity contribution < 1.29 is 14.3 Å². The zero-order valence-corrected chi connectivity index (χ0v) is 12.9. The fourth-order valence-corrected chi connectivity index (χ4v) is 1.85. The molecule has 0 spiro atoms. The number of hydrogen-bond donors (Lipinski definition) is 1. The quantitative estimate of drug-likeness (QED) is 0.879. The number of hydrogen-bond acceptors (Lipinski definition) is 3. The van der Waals surface area contributed by atoms with E-state index in [1.165, 1.54) is 0 Å². The molecule has 0 fully saturated rings. The average molecular weight is 297 g/mol. The van der Waals surface area contributed by atoms with Crippen molar-refractivity contribution in [2.75, 3.05) is 5.32 Å². The van der Waals surface area contributed by atoms with E-state index in [1.54, 1.807) is 19.1 Å². The molecule has 0 aliphatic carbocycles. The molecule has 0 aliphatic rings. The third-order valence-electron chi connectivity index (χ3n) is 3.26. The molecule has 0 saturated carbocycles. The van der Waals surface area contributed by atoms with Crippen LogP contribution in [0, 0.1) is 13.8 Å². The Morgan fingerprint density at radius 2 is 1.41 bits per heavy atom. The number of esters is 1. The summed E-state index contributed by atoms with van der Waals surface area (Å²) in [5, 5.41) is 2.72. The van der Waals surface area contributed by atoms with Gasteiger partial charge < -0.3 is 10.1 Å². The Bertz CT molecular complexity index is 660. The third-order valence-corrected chi connectivity index (χ3v) is 3.26. The van der Waals surface area contributed by atoms with Crippen molar-refractivity contribution in [3.05, 3.63) is 65.2 Å². The fourth-order valence-electron chi connectivity index (χ4n) is 1.85. The van der Waals surface area contributed by atoms with Crippen LogP contribution in [0.1, 0.15) is 28.4 Å². The van der Waals surface area contributed by atoms with Gasteiger partial charge in [0, 0.05) is 5.69 Å². The lowest BCUT2D eigenvalue weighted by Crippen LogP contribution is -2.30. The molecular formula is C18H19NO3. The predicted molar refractivity (Wildman–Crippen MR) is 85.9 cm³/mol. The van der Waals surface area contributed by atoms with Gasteiger partial charge in [-0.05, 0) is 45.0 Å². The summed E-state index contributed by atoms with van der Waals surface area (Å²) >= 11 is 0. The lowest BCUT2D eigenvalue weighted by molar-refractivity contribution is -0.123. The number of benzene rings is 2. The summed E-state index contributed by atoms with van der Waals surface area (Å²) in [6.45, 7) is 5.46. The van der Waals surface area contributed by atoms with E-state index in [0.29, 0.717) is 11.3 Å². The van der Waals surface area contributed by atoms with Crippen LogP contribution in [0.15, 0.2) is 48.5 Å². The smallest absolute Gasteiger partial charge is 0.338 e. The molecule has 1 amide bonds. The molecule has 4 nitrogen and oxygen atoms in total. The molecule has 1 N–H and O–H groups in total. The minimum Gasteiger partial charge on any atom is -0.449 e. The molecule has 114 valence electrons. The van der Waals surface area contributed by atoms with Gasteiger partial charge in [-0.2, -0.15) is 0 Å². The van der Waals surface area contributed by atoms with Crippen molar-refractivity contribution >= 4 is 17.6 Å². The Morgan fingerprint density at radius 3 is 1.95 bits per heavy atom. The highest BCUT2D eigenvalue weighted by molar-refractivity contribution is 5.97. The minimum absolute atomic E-state index is 0.357. The number of amides is 1. The van der Waals surface area contributed by atoms with Gasteiger partial charge in [0.25, 0.3) is 5.91 Å². The van der Waals surface area contributed by atoms with Gasteiger partial charge in [0.1, 0.15) is 0 Å². The molecule has 2 aromatic carbocycles. The predicted octanol–water partition coefficient (Wildman–Crippen LogP) is 3.49. The number of carbonyl (C=O) groups is 2. The van der Waals surface area contributed by atoms with E-state index in [2.05, 4.69) is 5.32 Å². The van der Waals surface area contributed by atoms with Gasteiger partial charge in [-0.25, -0.2) is 4.79 Å². The number of nitrogens with one attached hydrogen (secondary N) is 1. The molecule has 0 aliphatic heterocycles. The molecule has 22 heavy (non-hydrogen) atoms. The molecule has 2 rings (SSSR count). The molecular weight excluding hydrogens is 278 g/mol. The highest BCUT2D eigenvalue weighted by atomic mass is 16.5. The summed E-state index contributed by atoms with van der Waals surface area (Å²) in [6, 6.07) is 14.4. The zero-order chi connectivity index (χ0) is 16.1. The molecule has 1 atom stereocenters. The van der Waals surface area contributed by atoms with Crippen LogP contribution in [0.5, 0.6) is 0 Å². The lowest BCUT2D eigenvalue weighted by Gasteiger charge is -2.13. The van der Waals surface area contributed by atoms with Crippen molar-refractivity contribution in [2.45, 2.75) is 26.9 Å². The van der Waals surface area contributed by atoms with Crippen LogP contribution in [-0.2, 0) is 9.53 Å². The summed E-state index contributed by atoms with van der Waals surface area (Å²) in [7, 11) is 0. The van der Waals surface area contributed by atoms with Crippen molar-refractivity contribution in [3.8, 4) is 0 Å². The number of rotatable bonds is 4. The first-order chi connectivity index (χ1) is 10.5. The monoisotopic (exact) mass is 297 g/mol. The summed E-state index contributed by atoms with van der Waals surface area (Å²) < 4.78 is 5.18. The molecule has 0 heterocycles. The molecule has 2 aromatic rings. The van der Waals surface area contributed by atoms with Crippen molar-refractivity contribution in [3.63, 3.8) is 0 Å². The number of aryl methyl sites for hydroxylation is 2. The van der Waals surface area contributed by atoms with Crippen molar-refractivity contribution in [1.82, 2.24) is 0 Å². The first kappa shape index (κ1) is 15.8. The van der Waals surface area contributed by atoms with Crippen LogP contribution < -0.4 is 5.32 Å². The summed E-state index contributed by atoms with van der Waals surface area (Å²) in [5.74, 6) is -0.865. The highest BCUT2D eigenvalue weighted by Crippen LogP contribution is 2.11. The van der Waals surface area contributed by atoms with E-state index in [9.17, 15) is 9.59 Å². The topological polar surface area (TPSA) is 55.4 Å². The lowest BCUT2D eigenvalue weighted by atomic mass is 10.1. The summed E-state index contributed by atoms with van der Waals surface area (Å²) in [5.41, 5.74) is 3.27. The summed E-state index contributed by atoms with van der Waals surface area (Å²) in [4.78, 5) is 24.0. The van der Waals surface area contributed by atoms with Gasteiger partial charge in [0.05, 0.1) is 5.56 Å². The number of carbonyl (C=O) groups excluding carboxylic acids is 2. The van der Waals surface area contributed by atoms with Crippen LogP contribution in [0.25, 0.3) is 0 Å².